The third kappa shape index (κ3) is 2.32. The molecule has 0 bridgehead atoms. The van der Waals surface area contributed by atoms with E-state index in [4.69, 9.17) is 14.2 Å². The Morgan fingerprint density at radius 1 is 1.13 bits per heavy atom. The quantitative estimate of drug-likeness (QED) is 0.427. The molecule has 5 heteroatoms. The average molecular weight is 322 g/mol. The van der Waals surface area contributed by atoms with Crippen LogP contribution in [0.5, 0.6) is 0 Å². The van der Waals surface area contributed by atoms with Crippen LogP contribution >= 0.6 is 0 Å². The number of rotatable bonds is 6. The molecule has 3 rings (SSSR count). The lowest BCUT2D eigenvalue weighted by molar-refractivity contribution is -0.173. The van der Waals surface area contributed by atoms with Gasteiger partial charge in [-0.15, -0.1) is 0 Å². The molecule has 0 aliphatic heterocycles. The van der Waals surface area contributed by atoms with Gasteiger partial charge in [0.1, 0.15) is 0 Å². The van der Waals surface area contributed by atoms with Gasteiger partial charge in [-0.25, -0.2) is 0 Å². The maximum atomic E-state index is 12.5. The summed E-state index contributed by atoms with van der Waals surface area (Å²) in [5, 5.41) is 0. The molecule has 0 aromatic heterocycles. The van der Waals surface area contributed by atoms with Crippen LogP contribution < -0.4 is 0 Å². The molecule has 0 spiro atoms. The van der Waals surface area contributed by atoms with Crippen LogP contribution in [-0.4, -0.2) is 37.4 Å². The summed E-state index contributed by atoms with van der Waals surface area (Å²) in [5.41, 5.74) is -0.122. The fourth-order valence-electron chi connectivity index (χ4n) is 4.67. The molecule has 2 saturated carbocycles. The zero-order valence-electron chi connectivity index (χ0n) is 14.2. The standard InChI is InChI=1S/C18H26O5/c1-4-21-15(19)17(16(20)22-5-2)9-12-10-18(23-6-3)8-7-14(18)13(12)11-17/h10,13-14H,4-9,11H2,1-3H3/t13-,14+,18+/m0/s1. The first kappa shape index (κ1) is 16.5. The number of carbonyl (C=O) groups is 2. The van der Waals surface area contributed by atoms with Crippen LogP contribution in [0.4, 0.5) is 0 Å². The van der Waals surface area contributed by atoms with Gasteiger partial charge in [-0.2, -0.15) is 0 Å². The predicted octanol–water partition coefficient (Wildman–Crippen LogP) is 2.63. The van der Waals surface area contributed by atoms with Gasteiger partial charge in [0.15, 0.2) is 5.41 Å². The highest BCUT2D eigenvalue weighted by atomic mass is 16.6. The first-order valence-corrected chi connectivity index (χ1v) is 8.73. The normalized spacial score (nSPS) is 33.3. The van der Waals surface area contributed by atoms with Crippen molar-refractivity contribution in [2.75, 3.05) is 19.8 Å². The lowest BCUT2D eigenvalue weighted by Crippen LogP contribution is -2.49. The van der Waals surface area contributed by atoms with Crippen molar-refractivity contribution < 1.29 is 23.8 Å². The SMILES string of the molecule is CCOC(=O)C1(C(=O)OCC)CC2=C[C@]3(OCC)CC[C@@H]3[C@H]2C1. The van der Waals surface area contributed by atoms with Crippen molar-refractivity contribution in [3.63, 3.8) is 0 Å². The molecule has 0 aromatic carbocycles. The van der Waals surface area contributed by atoms with Gasteiger partial charge in [-0.3, -0.25) is 9.59 Å². The monoisotopic (exact) mass is 322 g/mol. The lowest BCUT2D eigenvalue weighted by Gasteiger charge is -2.46. The summed E-state index contributed by atoms with van der Waals surface area (Å²) < 4.78 is 16.4. The van der Waals surface area contributed by atoms with Crippen molar-refractivity contribution in [1.82, 2.24) is 0 Å². The minimum absolute atomic E-state index is 0.149. The topological polar surface area (TPSA) is 61.8 Å². The van der Waals surface area contributed by atoms with Gasteiger partial charge >= 0.3 is 11.9 Å². The smallest absolute Gasteiger partial charge is 0.323 e. The van der Waals surface area contributed by atoms with Crippen LogP contribution in [0.2, 0.25) is 0 Å². The Labute approximate surface area is 137 Å². The number of ether oxygens (including phenoxy) is 3. The number of carbonyl (C=O) groups excluding carboxylic acids is 2. The van der Waals surface area contributed by atoms with Crippen molar-refractivity contribution in [3.05, 3.63) is 11.6 Å². The van der Waals surface area contributed by atoms with E-state index in [0.717, 1.165) is 12.8 Å². The highest BCUT2D eigenvalue weighted by Gasteiger charge is 2.64. The van der Waals surface area contributed by atoms with E-state index < -0.39 is 17.4 Å². The molecule has 3 atom stereocenters. The fourth-order valence-corrected chi connectivity index (χ4v) is 4.67. The van der Waals surface area contributed by atoms with Gasteiger partial charge in [-0.05, 0) is 58.3 Å². The molecule has 0 aromatic rings. The van der Waals surface area contributed by atoms with Crippen molar-refractivity contribution >= 4 is 11.9 Å². The van der Waals surface area contributed by atoms with Crippen LogP contribution in [0.1, 0.15) is 46.5 Å². The second-order valence-electron chi connectivity index (χ2n) is 6.76. The van der Waals surface area contributed by atoms with Crippen molar-refractivity contribution in [2.24, 2.45) is 17.3 Å². The summed E-state index contributed by atoms with van der Waals surface area (Å²) in [5.74, 6) is -0.238. The van der Waals surface area contributed by atoms with Gasteiger partial charge in [-0.1, -0.05) is 11.6 Å². The minimum atomic E-state index is -1.16. The fraction of sp³-hybridized carbons (Fsp3) is 0.778. The Balaban J connectivity index is 1.88. The zero-order chi connectivity index (χ0) is 16.7. The Bertz CT molecular complexity index is 520. The number of allylic oxidation sites excluding steroid dienone is 1. The average Bonchev–Trinajstić information content (AvgIpc) is 2.94. The van der Waals surface area contributed by atoms with E-state index in [1.165, 1.54) is 5.57 Å². The maximum Gasteiger partial charge on any atom is 0.323 e. The third-order valence-corrected chi connectivity index (χ3v) is 5.69. The third-order valence-electron chi connectivity index (χ3n) is 5.69. The largest absolute Gasteiger partial charge is 0.465 e. The number of hydrogen-bond acceptors (Lipinski definition) is 5. The van der Waals surface area contributed by atoms with Gasteiger partial charge in [0, 0.05) is 6.61 Å². The van der Waals surface area contributed by atoms with Gasteiger partial charge in [0.25, 0.3) is 0 Å². The number of hydrogen-bond donors (Lipinski definition) is 0. The predicted molar refractivity (Wildman–Crippen MR) is 83.6 cm³/mol. The first-order valence-electron chi connectivity index (χ1n) is 8.73. The van der Waals surface area contributed by atoms with Gasteiger partial charge < -0.3 is 14.2 Å². The van der Waals surface area contributed by atoms with E-state index in [1.807, 2.05) is 6.92 Å². The number of fused-ring (bicyclic) bond motifs is 3. The summed E-state index contributed by atoms with van der Waals surface area (Å²) in [6.07, 6.45) is 5.23. The Morgan fingerprint density at radius 3 is 2.26 bits per heavy atom. The Kier molecular flexibility index (Phi) is 4.25. The van der Waals surface area contributed by atoms with Crippen molar-refractivity contribution in [2.45, 2.75) is 52.1 Å². The zero-order valence-corrected chi connectivity index (χ0v) is 14.2. The summed E-state index contributed by atoms with van der Waals surface area (Å²) in [6, 6.07) is 0. The molecule has 0 amide bonds. The van der Waals surface area contributed by atoms with E-state index in [2.05, 4.69) is 6.08 Å². The molecule has 3 aliphatic rings. The molecular weight excluding hydrogens is 296 g/mol. The summed E-state index contributed by atoms with van der Waals surface area (Å²) in [6.45, 7) is 6.77. The van der Waals surface area contributed by atoms with E-state index in [9.17, 15) is 9.59 Å². The highest BCUT2D eigenvalue weighted by molar-refractivity contribution is 6.01. The molecule has 0 unspecified atom stereocenters. The second kappa shape index (κ2) is 5.93. The molecule has 2 fully saturated rings. The highest BCUT2D eigenvalue weighted by Crippen LogP contribution is 2.63. The molecule has 5 nitrogen and oxygen atoms in total. The van der Waals surface area contributed by atoms with Crippen LogP contribution in [0.15, 0.2) is 11.6 Å². The summed E-state index contributed by atoms with van der Waals surface area (Å²) >= 11 is 0. The first-order chi connectivity index (χ1) is 11.0. The van der Waals surface area contributed by atoms with E-state index >= 15 is 0 Å². The molecular formula is C18H26O5. The van der Waals surface area contributed by atoms with Gasteiger partial charge in [0.05, 0.1) is 18.8 Å². The van der Waals surface area contributed by atoms with Gasteiger partial charge in [0.2, 0.25) is 0 Å². The molecule has 0 heterocycles. The van der Waals surface area contributed by atoms with E-state index in [-0.39, 0.29) is 24.7 Å². The van der Waals surface area contributed by atoms with Crippen LogP contribution in [0, 0.1) is 17.3 Å². The lowest BCUT2D eigenvalue weighted by atomic mass is 9.66. The van der Waals surface area contributed by atoms with Crippen LogP contribution in [0.25, 0.3) is 0 Å². The van der Waals surface area contributed by atoms with E-state index in [1.54, 1.807) is 13.8 Å². The van der Waals surface area contributed by atoms with Crippen LogP contribution in [0.3, 0.4) is 0 Å². The molecule has 3 aliphatic carbocycles. The summed E-state index contributed by atoms with van der Waals surface area (Å²) in [4.78, 5) is 25.1. The molecule has 23 heavy (non-hydrogen) atoms. The van der Waals surface area contributed by atoms with Crippen molar-refractivity contribution in [3.8, 4) is 0 Å². The Hall–Kier alpha value is -1.36. The summed E-state index contributed by atoms with van der Waals surface area (Å²) in [7, 11) is 0. The molecule has 0 saturated heterocycles. The molecule has 128 valence electrons. The van der Waals surface area contributed by atoms with Crippen LogP contribution in [-0.2, 0) is 23.8 Å². The van der Waals surface area contributed by atoms with E-state index in [0.29, 0.717) is 25.4 Å². The minimum Gasteiger partial charge on any atom is -0.465 e. The molecule has 0 N–H and O–H groups in total. The molecule has 0 radical (unpaired) electrons. The maximum absolute atomic E-state index is 12.5. The Morgan fingerprint density at radius 2 is 1.78 bits per heavy atom. The van der Waals surface area contributed by atoms with Crippen molar-refractivity contribution in [1.29, 1.82) is 0 Å². The second-order valence-corrected chi connectivity index (χ2v) is 6.76. The number of esters is 2.